The van der Waals surface area contributed by atoms with Crippen molar-refractivity contribution in [3.63, 3.8) is 0 Å². The summed E-state index contributed by atoms with van der Waals surface area (Å²) in [5.41, 5.74) is 3.28. The summed E-state index contributed by atoms with van der Waals surface area (Å²) in [6.45, 7) is 8.11. The van der Waals surface area contributed by atoms with Crippen LogP contribution in [0.1, 0.15) is 36.5 Å². The van der Waals surface area contributed by atoms with Crippen LogP contribution in [-0.2, 0) is 6.54 Å². The van der Waals surface area contributed by atoms with Gasteiger partial charge in [0.15, 0.2) is 0 Å². The second-order valence-corrected chi connectivity index (χ2v) is 4.81. The Kier molecular flexibility index (Phi) is 4.63. The molecule has 5 nitrogen and oxygen atoms in total. The molecule has 0 saturated carbocycles. The van der Waals surface area contributed by atoms with Crippen molar-refractivity contribution in [2.45, 2.75) is 39.8 Å². The van der Waals surface area contributed by atoms with E-state index in [4.69, 9.17) is 0 Å². The van der Waals surface area contributed by atoms with Crippen molar-refractivity contribution in [2.24, 2.45) is 0 Å². The first-order valence-electron chi connectivity index (χ1n) is 6.67. The van der Waals surface area contributed by atoms with Crippen LogP contribution >= 0.6 is 0 Å². The van der Waals surface area contributed by atoms with Gasteiger partial charge in [0.2, 0.25) is 0 Å². The highest BCUT2D eigenvalue weighted by atomic mass is 15.3. The maximum atomic E-state index is 4.45. The molecule has 2 rings (SSSR count). The third-order valence-electron chi connectivity index (χ3n) is 3.13. The maximum absolute atomic E-state index is 4.45. The lowest BCUT2D eigenvalue weighted by Crippen LogP contribution is -2.22. The van der Waals surface area contributed by atoms with Crippen LogP contribution in [0.4, 0.5) is 0 Å². The highest BCUT2D eigenvalue weighted by Crippen LogP contribution is 2.07. The zero-order valence-corrected chi connectivity index (χ0v) is 11.8. The minimum Gasteiger partial charge on any atom is -0.309 e. The van der Waals surface area contributed by atoms with E-state index in [1.165, 1.54) is 5.69 Å². The Morgan fingerprint density at radius 3 is 2.79 bits per heavy atom. The highest BCUT2D eigenvalue weighted by molar-refractivity contribution is 5.06. The molecule has 0 radical (unpaired) electrons. The second kappa shape index (κ2) is 6.43. The van der Waals surface area contributed by atoms with Gasteiger partial charge in [-0.3, -0.25) is 14.6 Å². The van der Waals surface area contributed by atoms with Crippen LogP contribution in [0.3, 0.4) is 0 Å². The Morgan fingerprint density at radius 2 is 2.16 bits per heavy atom. The molecule has 0 fully saturated rings. The predicted octanol–water partition coefficient (Wildman–Crippen LogP) is 2.03. The summed E-state index contributed by atoms with van der Waals surface area (Å²) in [6, 6.07) is 2.34. The topological polar surface area (TPSA) is 55.6 Å². The van der Waals surface area contributed by atoms with Crippen molar-refractivity contribution in [3.05, 3.63) is 41.7 Å². The molecule has 1 unspecified atom stereocenters. The van der Waals surface area contributed by atoms with Crippen LogP contribution in [0.25, 0.3) is 0 Å². The van der Waals surface area contributed by atoms with E-state index in [2.05, 4.69) is 45.0 Å². The zero-order valence-electron chi connectivity index (χ0n) is 11.8. The summed E-state index contributed by atoms with van der Waals surface area (Å²) in [5, 5.41) is 7.90. The predicted molar refractivity (Wildman–Crippen MR) is 74.8 cm³/mol. The molecule has 19 heavy (non-hydrogen) atoms. The number of aryl methyl sites for hydroxylation is 3. The molecule has 0 spiro atoms. The van der Waals surface area contributed by atoms with Crippen LogP contribution in [-0.4, -0.2) is 26.3 Å². The van der Waals surface area contributed by atoms with E-state index in [9.17, 15) is 0 Å². The number of nitrogens with zero attached hydrogens (tertiary/aromatic N) is 4. The van der Waals surface area contributed by atoms with Crippen LogP contribution in [0, 0.1) is 13.8 Å². The van der Waals surface area contributed by atoms with Crippen molar-refractivity contribution < 1.29 is 0 Å². The van der Waals surface area contributed by atoms with Crippen molar-refractivity contribution in [1.29, 1.82) is 0 Å². The van der Waals surface area contributed by atoms with Gasteiger partial charge < -0.3 is 5.32 Å². The second-order valence-electron chi connectivity index (χ2n) is 4.81. The molecule has 0 amide bonds. The normalized spacial score (nSPS) is 12.6. The van der Waals surface area contributed by atoms with Gasteiger partial charge in [-0.2, -0.15) is 5.10 Å². The Hall–Kier alpha value is -1.75. The molecule has 2 heterocycles. The van der Waals surface area contributed by atoms with E-state index in [-0.39, 0.29) is 6.04 Å². The Labute approximate surface area is 114 Å². The molecular weight excluding hydrogens is 238 g/mol. The molecular formula is C14H21N5. The summed E-state index contributed by atoms with van der Waals surface area (Å²) in [5.74, 6) is 0. The number of aromatic nitrogens is 4. The smallest absolute Gasteiger partial charge is 0.0753 e. The summed E-state index contributed by atoms with van der Waals surface area (Å²) >= 11 is 0. The molecule has 2 aromatic heterocycles. The van der Waals surface area contributed by atoms with E-state index in [1.54, 1.807) is 18.6 Å². The molecule has 102 valence electrons. The van der Waals surface area contributed by atoms with Gasteiger partial charge in [-0.15, -0.1) is 0 Å². The summed E-state index contributed by atoms with van der Waals surface area (Å²) in [4.78, 5) is 8.37. The summed E-state index contributed by atoms with van der Waals surface area (Å²) < 4.78 is 2.06. The minimum absolute atomic E-state index is 0.231. The molecule has 1 N–H and O–H groups in total. The fourth-order valence-corrected chi connectivity index (χ4v) is 2.09. The van der Waals surface area contributed by atoms with Crippen LogP contribution in [0.15, 0.2) is 24.7 Å². The number of rotatable bonds is 6. The standard InChI is InChI=1S/C14H21N5/c1-11-9-12(2)19(18-11)8-4-5-16-13(3)14-10-15-6-7-17-14/h6-7,9-10,13,16H,4-5,8H2,1-3H3. The van der Waals surface area contributed by atoms with Gasteiger partial charge in [-0.05, 0) is 39.8 Å². The Bertz CT molecular complexity index is 506. The van der Waals surface area contributed by atoms with Crippen LogP contribution in [0.5, 0.6) is 0 Å². The zero-order chi connectivity index (χ0) is 13.7. The van der Waals surface area contributed by atoms with Crippen molar-refractivity contribution >= 4 is 0 Å². The van der Waals surface area contributed by atoms with E-state index in [0.29, 0.717) is 0 Å². The van der Waals surface area contributed by atoms with Gasteiger partial charge in [0.05, 0.1) is 11.4 Å². The van der Waals surface area contributed by atoms with Gasteiger partial charge in [-0.1, -0.05) is 0 Å². The molecule has 0 aromatic carbocycles. The average molecular weight is 259 g/mol. The molecule has 1 atom stereocenters. The highest BCUT2D eigenvalue weighted by Gasteiger charge is 2.05. The van der Waals surface area contributed by atoms with Gasteiger partial charge in [0.1, 0.15) is 0 Å². The SMILES string of the molecule is Cc1cc(C)n(CCCNC(C)c2cnccn2)n1. The monoisotopic (exact) mass is 259 g/mol. The summed E-state index contributed by atoms with van der Waals surface area (Å²) in [6.07, 6.45) is 6.27. The number of nitrogens with one attached hydrogen (secondary N) is 1. The molecule has 0 saturated heterocycles. The number of hydrogen-bond donors (Lipinski definition) is 1. The van der Waals surface area contributed by atoms with Crippen molar-refractivity contribution in [1.82, 2.24) is 25.1 Å². The van der Waals surface area contributed by atoms with E-state index >= 15 is 0 Å². The lowest BCUT2D eigenvalue weighted by molar-refractivity contribution is 0.495. The van der Waals surface area contributed by atoms with Crippen LogP contribution in [0.2, 0.25) is 0 Å². The van der Waals surface area contributed by atoms with E-state index in [0.717, 1.165) is 30.9 Å². The third-order valence-corrected chi connectivity index (χ3v) is 3.13. The third kappa shape index (κ3) is 3.86. The quantitative estimate of drug-likeness (QED) is 0.806. The average Bonchev–Trinajstić information content (AvgIpc) is 2.74. The molecule has 0 aliphatic heterocycles. The Balaban J connectivity index is 1.74. The molecule has 5 heteroatoms. The fraction of sp³-hybridized carbons (Fsp3) is 0.500. The van der Waals surface area contributed by atoms with Crippen LogP contribution < -0.4 is 5.32 Å². The summed E-state index contributed by atoms with van der Waals surface area (Å²) in [7, 11) is 0. The Morgan fingerprint density at radius 1 is 1.32 bits per heavy atom. The first-order chi connectivity index (χ1) is 9.16. The van der Waals surface area contributed by atoms with Crippen molar-refractivity contribution in [3.8, 4) is 0 Å². The van der Waals surface area contributed by atoms with E-state index in [1.807, 2.05) is 6.92 Å². The molecule has 0 aliphatic rings. The maximum Gasteiger partial charge on any atom is 0.0753 e. The molecule has 0 bridgehead atoms. The van der Waals surface area contributed by atoms with E-state index < -0.39 is 0 Å². The minimum atomic E-state index is 0.231. The van der Waals surface area contributed by atoms with Gasteiger partial charge in [0, 0.05) is 36.9 Å². The molecule has 2 aromatic rings. The largest absolute Gasteiger partial charge is 0.309 e. The molecule has 0 aliphatic carbocycles. The lowest BCUT2D eigenvalue weighted by Gasteiger charge is -2.12. The van der Waals surface area contributed by atoms with Crippen molar-refractivity contribution in [2.75, 3.05) is 6.54 Å². The lowest BCUT2D eigenvalue weighted by atomic mass is 10.2. The first-order valence-corrected chi connectivity index (χ1v) is 6.67. The van der Waals surface area contributed by atoms with Gasteiger partial charge in [0.25, 0.3) is 0 Å². The first kappa shape index (κ1) is 13.7. The van der Waals surface area contributed by atoms with Gasteiger partial charge in [-0.25, -0.2) is 0 Å². The van der Waals surface area contributed by atoms with Gasteiger partial charge >= 0.3 is 0 Å². The fourth-order valence-electron chi connectivity index (χ4n) is 2.09. The number of hydrogen-bond acceptors (Lipinski definition) is 4.